The number of pyridine rings is 1. The van der Waals surface area contributed by atoms with Crippen LogP contribution in [0.2, 0.25) is 0 Å². The van der Waals surface area contributed by atoms with E-state index in [0.29, 0.717) is 24.6 Å². The summed E-state index contributed by atoms with van der Waals surface area (Å²) >= 11 is 0. The zero-order valence-corrected chi connectivity index (χ0v) is 17.9. The quantitative estimate of drug-likeness (QED) is 0.527. The average molecular weight is 415 g/mol. The van der Waals surface area contributed by atoms with Gasteiger partial charge in [-0.1, -0.05) is 38.1 Å². The summed E-state index contributed by atoms with van der Waals surface area (Å²) in [7, 11) is -0.246. The number of rotatable bonds is 8. The Morgan fingerprint density at radius 2 is 1.83 bits per heavy atom. The summed E-state index contributed by atoms with van der Waals surface area (Å²) in [5, 5.41) is 0.0945. The van der Waals surface area contributed by atoms with Crippen molar-refractivity contribution in [2.45, 2.75) is 37.9 Å². The van der Waals surface area contributed by atoms with Gasteiger partial charge in [-0.05, 0) is 43.8 Å². The monoisotopic (exact) mass is 414 g/mol. The number of para-hydroxylation sites is 1. The predicted octanol–water partition coefficient (Wildman–Crippen LogP) is 3.28. The zero-order chi connectivity index (χ0) is 21.0. The summed E-state index contributed by atoms with van der Waals surface area (Å²) in [6.45, 7) is 4.69. The van der Waals surface area contributed by atoms with Gasteiger partial charge in [0.25, 0.3) is 0 Å². The summed E-state index contributed by atoms with van der Waals surface area (Å²) < 4.78 is 33.8. The minimum atomic E-state index is -4.09. The highest BCUT2D eigenvalue weighted by atomic mass is 32.2. The van der Waals surface area contributed by atoms with E-state index in [1.165, 1.54) is 0 Å². The lowest BCUT2D eigenvalue weighted by molar-refractivity contribution is 0.378. The maximum atomic E-state index is 13.3. The average Bonchev–Trinajstić information content (AvgIpc) is 3.01. The van der Waals surface area contributed by atoms with Crippen molar-refractivity contribution in [2.24, 2.45) is 0 Å². The van der Waals surface area contributed by atoms with E-state index in [4.69, 9.17) is 9.17 Å². The molecule has 0 saturated heterocycles. The molecule has 0 spiro atoms. The van der Waals surface area contributed by atoms with Crippen LogP contribution in [0.1, 0.15) is 36.8 Å². The summed E-state index contributed by atoms with van der Waals surface area (Å²) in [5.74, 6) is 0.846. The topological polar surface area (TPSA) is 77.3 Å². The fraction of sp³-hybridized carbons (Fsp3) is 0.333. The van der Waals surface area contributed by atoms with Gasteiger partial charge in [-0.25, -0.2) is 4.98 Å². The highest BCUT2D eigenvalue weighted by Crippen LogP contribution is 2.29. The van der Waals surface area contributed by atoms with Gasteiger partial charge in [0.1, 0.15) is 11.6 Å². The highest BCUT2D eigenvalue weighted by molar-refractivity contribution is 7.87. The molecule has 1 aromatic carbocycles. The molecule has 0 N–H and O–H groups in total. The molecule has 0 aliphatic rings. The molecular formula is C21H26N4O3S. The molecule has 0 saturated carbocycles. The molecule has 0 unspecified atom stereocenters. The van der Waals surface area contributed by atoms with Crippen LogP contribution in [0.5, 0.6) is 5.75 Å². The summed E-state index contributed by atoms with van der Waals surface area (Å²) in [6.07, 6.45) is 3.41. The van der Waals surface area contributed by atoms with E-state index < -0.39 is 10.1 Å². The highest BCUT2D eigenvalue weighted by Gasteiger charge is 2.31. The molecule has 0 radical (unpaired) electrons. The second-order valence-electron chi connectivity index (χ2n) is 7.41. The molecule has 0 bridgehead atoms. The molecule has 154 valence electrons. The van der Waals surface area contributed by atoms with Crippen LogP contribution in [-0.4, -0.2) is 41.9 Å². The Morgan fingerprint density at radius 3 is 2.41 bits per heavy atom. The normalized spacial score (nSPS) is 11.9. The first-order valence-electron chi connectivity index (χ1n) is 9.40. The van der Waals surface area contributed by atoms with Gasteiger partial charge < -0.3 is 13.7 Å². The standard InChI is InChI=1S/C21H26N4O3S/c1-16(2)20-21(29(26,27)28-18-10-6-5-7-11-18)25(19(23-20)15-24(3)4)14-17-9-8-12-22-13-17/h5-13,16H,14-15H2,1-4H3. The van der Waals surface area contributed by atoms with Gasteiger partial charge in [0.2, 0.25) is 0 Å². The first kappa shape index (κ1) is 21.0. The van der Waals surface area contributed by atoms with Crippen LogP contribution < -0.4 is 4.18 Å². The van der Waals surface area contributed by atoms with Crippen molar-refractivity contribution < 1.29 is 12.6 Å². The second kappa shape index (κ2) is 8.75. The van der Waals surface area contributed by atoms with E-state index in [1.54, 1.807) is 47.3 Å². The molecule has 0 atom stereocenters. The Balaban J connectivity index is 2.15. The van der Waals surface area contributed by atoms with Crippen LogP contribution in [0.3, 0.4) is 0 Å². The maximum Gasteiger partial charge on any atom is 0.357 e. The Kier molecular flexibility index (Phi) is 6.34. The van der Waals surface area contributed by atoms with Gasteiger partial charge in [-0.2, -0.15) is 8.42 Å². The van der Waals surface area contributed by atoms with E-state index in [0.717, 1.165) is 5.56 Å². The number of hydrogen-bond acceptors (Lipinski definition) is 6. The smallest absolute Gasteiger partial charge is 0.357 e. The third-order valence-corrected chi connectivity index (χ3v) is 5.59. The third kappa shape index (κ3) is 5.02. The number of benzene rings is 1. The summed E-state index contributed by atoms with van der Waals surface area (Å²) in [5.41, 5.74) is 1.39. The van der Waals surface area contributed by atoms with Crippen molar-refractivity contribution in [1.82, 2.24) is 19.4 Å². The molecule has 0 amide bonds. The SMILES string of the molecule is CC(C)c1nc(CN(C)C)n(Cc2cccnc2)c1S(=O)(=O)Oc1ccccc1. The van der Waals surface area contributed by atoms with E-state index in [-0.39, 0.29) is 16.7 Å². The van der Waals surface area contributed by atoms with Crippen LogP contribution >= 0.6 is 0 Å². The van der Waals surface area contributed by atoms with Gasteiger partial charge in [-0.15, -0.1) is 0 Å². The van der Waals surface area contributed by atoms with Crippen molar-refractivity contribution in [3.63, 3.8) is 0 Å². The lowest BCUT2D eigenvalue weighted by atomic mass is 10.1. The number of nitrogens with zero attached hydrogens (tertiary/aromatic N) is 4. The van der Waals surface area contributed by atoms with Crippen LogP contribution in [0.4, 0.5) is 0 Å². The van der Waals surface area contributed by atoms with E-state index >= 15 is 0 Å². The molecule has 2 heterocycles. The van der Waals surface area contributed by atoms with Gasteiger partial charge in [-0.3, -0.25) is 4.98 Å². The molecule has 3 rings (SSSR count). The molecule has 2 aromatic heterocycles. The van der Waals surface area contributed by atoms with Crippen molar-refractivity contribution >= 4 is 10.1 Å². The van der Waals surface area contributed by atoms with Crippen LogP contribution in [0, 0.1) is 0 Å². The zero-order valence-electron chi connectivity index (χ0n) is 17.1. The number of imidazole rings is 1. The number of aromatic nitrogens is 3. The lowest BCUT2D eigenvalue weighted by Crippen LogP contribution is -2.21. The van der Waals surface area contributed by atoms with Gasteiger partial charge >= 0.3 is 10.1 Å². The Labute approximate surface area is 172 Å². The largest absolute Gasteiger partial charge is 0.378 e. The van der Waals surface area contributed by atoms with E-state index in [1.807, 2.05) is 45.0 Å². The van der Waals surface area contributed by atoms with Crippen molar-refractivity contribution in [2.75, 3.05) is 14.1 Å². The summed E-state index contributed by atoms with van der Waals surface area (Å²) in [6, 6.07) is 12.3. The lowest BCUT2D eigenvalue weighted by Gasteiger charge is -2.16. The molecule has 29 heavy (non-hydrogen) atoms. The maximum absolute atomic E-state index is 13.3. The fourth-order valence-electron chi connectivity index (χ4n) is 3.02. The van der Waals surface area contributed by atoms with Crippen LogP contribution in [0.15, 0.2) is 59.9 Å². The number of hydrogen-bond donors (Lipinski definition) is 0. The molecule has 3 aromatic rings. The molecular weight excluding hydrogens is 388 g/mol. The first-order valence-corrected chi connectivity index (χ1v) is 10.8. The molecule has 0 aliphatic carbocycles. The Morgan fingerprint density at radius 1 is 1.10 bits per heavy atom. The van der Waals surface area contributed by atoms with E-state index in [2.05, 4.69) is 4.98 Å². The minimum absolute atomic E-state index is 0.0878. The van der Waals surface area contributed by atoms with Crippen molar-refractivity contribution in [3.8, 4) is 5.75 Å². The van der Waals surface area contributed by atoms with Crippen LogP contribution in [-0.2, 0) is 23.2 Å². The van der Waals surface area contributed by atoms with Gasteiger partial charge in [0, 0.05) is 12.4 Å². The molecule has 0 aliphatic heterocycles. The second-order valence-corrected chi connectivity index (χ2v) is 8.87. The van der Waals surface area contributed by atoms with Crippen LogP contribution in [0.25, 0.3) is 0 Å². The van der Waals surface area contributed by atoms with Gasteiger partial charge in [0.15, 0.2) is 5.03 Å². The Bertz CT molecular complexity index is 1050. The summed E-state index contributed by atoms with van der Waals surface area (Å²) in [4.78, 5) is 10.8. The first-order chi connectivity index (χ1) is 13.8. The molecule has 8 heteroatoms. The van der Waals surface area contributed by atoms with Crippen molar-refractivity contribution in [3.05, 3.63) is 71.9 Å². The Hall–Kier alpha value is -2.71. The molecule has 7 nitrogen and oxygen atoms in total. The molecule has 0 fully saturated rings. The fourth-order valence-corrected chi connectivity index (χ4v) is 4.45. The predicted molar refractivity (Wildman–Crippen MR) is 111 cm³/mol. The third-order valence-electron chi connectivity index (χ3n) is 4.28. The van der Waals surface area contributed by atoms with Gasteiger partial charge in [0.05, 0.1) is 18.8 Å². The minimum Gasteiger partial charge on any atom is -0.378 e. The van der Waals surface area contributed by atoms with E-state index in [9.17, 15) is 8.42 Å². The van der Waals surface area contributed by atoms with Crippen molar-refractivity contribution in [1.29, 1.82) is 0 Å².